The zero-order chi connectivity index (χ0) is 19.9. The standard InChI is InChI=1S/C20H19ClN2O5/c21-15-6-2-1-5-14(15)11-22-18(24)13-28-20(26)12-23-16-7-3-4-8-17(16)27-10-9-19(23)25/h1-8H,9-13H2,(H,22,24). The molecule has 0 spiro atoms. The molecule has 0 unspecified atom stereocenters. The van der Waals surface area contributed by atoms with E-state index in [9.17, 15) is 14.4 Å². The van der Waals surface area contributed by atoms with E-state index in [1.165, 1.54) is 4.90 Å². The number of carbonyl (C=O) groups is 3. The Morgan fingerprint density at radius 2 is 1.89 bits per heavy atom. The topological polar surface area (TPSA) is 84.9 Å². The van der Waals surface area contributed by atoms with Crippen molar-refractivity contribution in [1.29, 1.82) is 0 Å². The molecular weight excluding hydrogens is 384 g/mol. The monoisotopic (exact) mass is 402 g/mol. The third kappa shape index (κ3) is 5.01. The second-order valence-electron chi connectivity index (χ2n) is 6.07. The minimum absolute atomic E-state index is 0.153. The normalized spacial score (nSPS) is 13.2. The molecule has 0 saturated carbocycles. The van der Waals surface area contributed by atoms with Crippen molar-refractivity contribution in [2.24, 2.45) is 0 Å². The van der Waals surface area contributed by atoms with Crippen LogP contribution in [-0.4, -0.2) is 37.5 Å². The molecule has 2 aromatic carbocycles. The number of esters is 1. The Hall–Kier alpha value is -3.06. The Balaban J connectivity index is 1.52. The molecule has 1 N–H and O–H groups in total. The van der Waals surface area contributed by atoms with Crippen LogP contribution in [0.15, 0.2) is 48.5 Å². The van der Waals surface area contributed by atoms with Crippen LogP contribution in [0.25, 0.3) is 0 Å². The number of nitrogens with zero attached hydrogens (tertiary/aromatic N) is 1. The molecule has 146 valence electrons. The van der Waals surface area contributed by atoms with E-state index in [1.54, 1.807) is 42.5 Å². The van der Waals surface area contributed by atoms with Gasteiger partial charge in [-0.15, -0.1) is 0 Å². The lowest BCUT2D eigenvalue weighted by molar-refractivity contribution is -0.147. The fraction of sp³-hybridized carbons (Fsp3) is 0.250. The predicted molar refractivity (Wildman–Crippen MR) is 103 cm³/mol. The molecule has 1 aliphatic heterocycles. The van der Waals surface area contributed by atoms with Crippen LogP contribution in [0.5, 0.6) is 5.75 Å². The summed E-state index contributed by atoms with van der Waals surface area (Å²) in [7, 11) is 0. The van der Waals surface area contributed by atoms with Gasteiger partial charge in [-0.3, -0.25) is 19.3 Å². The first-order chi connectivity index (χ1) is 13.5. The van der Waals surface area contributed by atoms with Crippen LogP contribution >= 0.6 is 11.6 Å². The van der Waals surface area contributed by atoms with Gasteiger partial charge in [-0.25, -0.2) is 0 Å². The average molecular weight is 403 g/mol. The highest BCUT2D eigenvalue weighted by Gasteiger charge is 2.25. The van der Waals surface area contributed by atoms with Gasteiger partial charge in [0.1, 0.15) is 12.3 Å². The van der Waals surface area contributed by atoms with Crippen LogP contribution < -0.4 is 15.0 Å². The number of nitrogens with one attached hydrogen (secondary N) is 1. The van der Waals surface area contributed by atoms with E-state index in [-0.39, 0.29) is 32.0 Å². The van der Waals surface area contributed by atoms with Crippen molar-refractivity contribution in [3.63, 3.8) is 0 Å². The van der Waals surface area contributed by atoms with Crippen LogP contribution in [0, 0.1) is 0 Å². The number of hydrogen-bond acceptors (Lipinski definition) is 5. The van der Waals surface area contributed by atoms with Crippen LogP contribution in [0.2, 0.25) is 5.02 Å². The summed E-state index contributed by atoms with van der Waals surface area (Å²) in [6.07, 6.45) is 0.153. The number of fused-ring (bicyclic) bond motifs is 1. The third-order valence-corrected chi connectivity index (χ3v) is 4.48. The minimum Gasteiger partial charge on any atom is -0.491 e. The van der Waals surface area contributed by atoms with E-state index in [0.717, 1.165) is 5.56 Å². The van der Waals surface area contributed by atoms with Crippen LogP contribution in [0.4, 0.5) is 5.69 Å². The number of anilines is 1. The fourth-order valence-corrected chi connectivity index (χ4v) is 2.90. The number of ether oxygens (including phenoxy) is 2. The lowest BCUT2D eigenvalue weighted by Crippen LogP contribution is -2.37. The molecule has 0 bridgehead atoms. The number of amides is 2. The van der Waals surface area contributed by atoms with Gasteiger partial charge in [-0.05, 0) is 23.8 Å². The number of halogens is 1. The Kier molecular flexibility index (Phi) is 6.49. The number of rotatable bonds is 6. The number of carbonyl (C=O) groups excluding carboxylic acids is 3. The summed E-state index contributed by atoms with van der Waals surface area (Å²) >= 11 is 6.03. The number of benzene rings is 2. The van der Waals surface area contributed by atoms with Crippen LogP contribution in [0.1, 0.15) is 12.0 Å². The number of hydrogen-bond donors (Lipinski definition) is 1. The summed E-state index contributed by atoms with van der Waals surface area (Å²) in [4.78, 5) is 37.7. The Labute approximate surface area is 167 Å². The zero-order valence-corrected chi connectivity index (χ0v) is 15.8. The van der Waals surface area contributed by atoms with Gasteiger partial charge >= 0.3 is 5.97 Å². The van der Waals surface area contributed by atoms with Gasteiger partial charge in [-0.2, -0.15) is 0 Å². The summed E-state index contributed by atoms with van der Waals surface area (Å²) in [6, 6.07) is 14.1. The maximum atomic E-state index is 12.3. The lowest BCUT2D eigenvalue weighted by Gasteiger charge is -2.20. The molecule has 0 aromatic heterocycles. The first-order valence-corrected chi connectivity index (χ1v) is 9.10. The molecule has 3 rings (SSSR count). The molecule has 0 saturated heterocycles. The van der Waals surface area contributed by atoms with Gasteiger partial charge in [0.25, 0.3) is 5.91 Å². The lowest BCUT2D eigenvalue weighted by atomic mass is 10.2. The van der Waals surface area contributed by atoms with Crippen molar-refractivity contribution in [1.82, 2.24) is 5.32 Å². The number of para-hydroxylation sites is 2. The summed E-state index contributed by atoms with van der Waals surface area (Å²) in [5, 5.41) is 3.17. The Bertz CT molecular complexity index is 886. The molecule has 7 nitrogen and oxygen atoms in total. The highest BCUT2D eigenvalue weighted by Crippen LogP contribution is 2.30. The second-order valence-corrected chi connectivity index (χ2v) is 6.48. The summed E-state index contributed by atoms with van der Waals surface area (Å²) in [5.74, 6) is -0.860. The van der Waals surface area contributed by atoms with Gasteiger partial charge in [0, 0.05) is 11.6 Å². The minimum atomic E-state index is -0.682. The van der Waals surface area contributed by atoms with Crippen LogP contribution in [-0.2, 0) is 25.7 Å². The van der Waals surface area contributed by atoms with Crippen LogP contribution in [0.3, 0.4) is 0 Å². The molecule has 2 aromatic rings. The smallest absolute Gasteiger partial charge is 0.326 e. The Morgan fingerprint density at radius 3 is 2.71 bits per heavy atom. The highest BCUT2D eigenvalue weighted by atomic mass is 35.5. The molecule has 8 heteroatoms. The van der Waals surface area contributed by atoms with Crippen molar-refractivity contribution < 1.29 is 23.9 Å². The highest BCUT2D eigenvalue weighted by molar-refractivity contribution is 6.31. The fourth-order valence-electron chi connectivity index (χ4n) is 2.70. The largest absolute Gasteiger partial charge is 0.491 e. The van der Waals surface area contributed by atoms with Gasteiger partial charge in [-0.1, -0.05) is 41.9 Å². The quantitative estimate of drug-likeness (QED) is 0.749. The van der Waals surface area contributed by atoms with E-state index < -0.39 is 18.5 Å². The molecule has 1 aliphatic rings. The molecule has 1 heterocycles. The van der Waals surface area contributed by atoms with Crippen molar-refractivity contribution in [3.8, 4) is 5.75 Å². The molecule has 2 amide bonds. The van der Waals surface area contributed by atoms with Gasteiger partial charge < -0.3 is 14.8 Å². The van der Waals surface area contributed by atoms with Gasteiger partial charge in [0.05, 0.1) is 18.7 Å². The van der Waals surface area contributed by atoms with Crippen molar-refractivity contribution in [3.05, 3.63) is 59.1 Å². The van der Waals surface area contributed by atoms with E-state index in [2.05, 4.69) is 5.32 Å². The zero-order valence-electron chi connectivity index (χ0n) is 15.0. The molecule has 0 atom stereocenters. The summed E-state index contributed by atoms with van der Waals surface area (Å²) in [5.41, 5.74) is 1.26. The predicted octanol–water partition coefficient (Wildman–Crippen LogP) is 2.32. The van der Waals surface area contributed by atoms with E-state index in [0.29, 0.717) is 16.5 Å². The van der Waals surface area contributed by atoms with Gasteiger partial charge in [0.2, 0.25) is 5.91 Å². The third-order valence-electron chi connectivity index (χ3n) is 4.12. The maximum Gasteiger partial charge on any atom is 0.326 e. The summed E-state index contributed by atoms with van der Waals surface area (Å²) < 4.78 is 10.5. The van der Waals surface area contributed by atoms with E-state index in [4.69, 9.17) is 21.1 Å². The first kappa shape index (κ1) is 19.7. The van der Waals surface area contributed by atoms with Gasteiger partial charge in [0.15, 0.2) is 6.61 Å². The van der Waals surface area contributed by atoms with Crippen molar-refractivity contribution in [2.75, 3.05) is 24.7 Å². The SMILES string of the molecule is O=C(COC(=O)CN1C(=O)CCOc2ccccc21)NCc1ccccc1Cl. The molecule has 0 radical (unpaired) electrons. The average Bonchev–Trinajstić information content (AvgIpc) is 2.85. The summed E-state index contributed by atoms with van der Waals surface area (Å²) in [6.45, 7) is -0.266. The molecular formula is C20H19ClN2O5. The van der Waals surface area contributed by atoms with E-state index in [1.807, 2.05) is 6.07 Å². The second kappa shape index (κ2) is 9.23. The molecule has 0 fully saturated rings. The Morgan fingerprint density at radius 1 is 1.14 bits per heavy atom. The maximum absolute atomic E-state index is 12.3. The van der Waals surface area contributed by atoms with Crippen molar-refractivity contribution >= 4 is 35.1 Å². The first-order valence-electron chi connectivity index (χ1n) is 8.72. The molecule has 28 heavy (non-hydrogen) atoms. The van der Waals surface area contributed by atoms with E-state index >= 15 is 0 Å². The molecule has 0 aliphatic carbocycles. The van der Waals surface area contributed by atoms with Crippen molar-refractivity contribution in [2.45, 2.75) is 13.0 Å².